The molecule has 0 aliphatic carbocycles. The SMILES string of the molecule is CC(C)C(=O)Nc1cncc(-c2ncc3[nH]nc(-c4nc5c(N6CCCCC6)ccnc5[nH]4)c3c2F)c1. The Balaban J connectivity index is 1.42. The Morgan fingerprint density at radius 1 is 1.11 bits per heavy atom. The second-order valence-electron chi connectivity index (χ2n) is 9.55. The molecule has 5 aromatic rings. The number of fused-ring (bicyclic) bond motifs is 2. The van der Waals surface area contributed by atoms with Gasteiger partial charge in [0.1, 0.15) is 16.9 Å². The minimum atomic E-state index is -0.556. The predicted octanol–water partition coefficient (Wildman–Crippen LogP) is 4.68. The summed E-state index contributed by atoms with van der Waals surface area (Å²) in [7, 11) is 0. The Bertz CT molecular complexity index is 1620. The average Bonchev–Trinajstić information content (AvgIpc) is 3.54. The fourth-order valence-corrected chi connectivity index (χ4v) is 4.67. The van der Waals surface area contributed by atoms with Crippen molar-refractivity contribution in [3.8, 4) is 22.8 Å². The largest absolute Gasteiger partial charge is 0.370 e. The van der Waals surface area contributed by atoms with E-state index in [0.717, 1.165) is 37.1 Å². The van der Waals surface area contributed by atoms with E-state index in [1.165, 1.54) is 25.0 Å². The van der Waals surface area contributed by atoms with E-state index in [4.69, 9.17) is 4.98 Å². The van der Waals surface area contributed by atoms with Crippen LogP contribution in [0, 0.1) is 11.7 Å². The molecule has 1 amide bonds. The highest BCUT2D eigenvalue weighted by Crippen LogP contribution is 2.34. The molecule has 1 fully saturated rings. The number of hydrogen-bond donors (Lipinski definition) is 3. The number of hydrogen-bond acceptors (Lipinski definition) is 7. The van der Waals surface area contributed by atoms with Gasteiger partial charge in [0.25, 0.3) is 0 Å². The highest BCUT2D eigenvalue weighted by molar-refractivity contribution is 5.97. The van der Waals surface area contributed by atoms with E-state index in [-0.39, 0.29) is 22.9 Å². The number of pyridine rings is 3. The first kappa shape index (κ1) is 23.0. The molecule has 10 nitrogen and oxygen atoms in total. The highest BCUT2D eigenvalue weighted by Gasteiger charge is 2.23. The van der Waals surface area contributed by atoms with Gasteiger partial charge in [-0.3, -0.25) is 19.9 Å². The van der Waals surface area contributed by atoms with Crippen LogP contribution in [0.4, 0.5) is 15.8 Å². The van der Waals surface area contributed by atoms with Crippen molar-refractivity contribution in [2.24, 2.45) is 5.92 Å². The Labute approximate surface area is 211 Å². The van der Waals surface area contributed by atoms with Crippen LogP contribution >= 0.6 is 0 Å². The van der Waals surface area contributed by atoms with E-state index in [1.807, 2.05) is 6.07 Å². The minimum absolute atomic E-state index is 0.103. The summed E-state index contributed by atoms with van der Waals surface area (Å²) in [6, 6.07) is 3.63. The van der Waals surface area contributed by atoms with E-state index in [2.05, 4.69) is 40.3 Å². The van der Waals surface area contributed by atoms with Gasteiger partial charge in [0, 0.05) is 37.0 Å². The number of carbonyl (C=O) groups excluding carboxylic acids is 1. The number of aromatic nitrogens is 7. The molecule has 0 spiro atoms. The number of halogens is 1. The quantitative estimate of drug-likeness (QED) is 0.320. The highest BCUT2D eigenvalue weighted by atomic mass is 19.1. The van der Waals surface area contributed by atoms with Crippen LogP contribution in [-0.2, 0) is 4.79 Å². The van der Waals surface area contributed by atoms with Crippen molar-refractivity contribution in [1.29, 1.82) is 0 Å². The zero-order valence-electron chi connectivity index (χ0n) is 20.5. The van der Waals surface area contributed by atoms with Gasteiger partial charge in [-0.15, -0.1) is 0 Å². The second kappa shape index (κ2) is 9.23. The molecule has 0 aromatic carbocycles. The van der Waals surface area contributed by atoms with Gasteiger partial charge >= 0.3 is 0 Å². The molecule has 0 unspecified atom stereocenters. The summed E-state index contributed by atoms with van der Waals surface area (Å²) in [5.74, 6) is -0.482. The molecule has 0 atom stereocenters. The van der Waals surface area contributed by atoms with Gasteiger partial charge in [0.05, 0.1) is 34.7 Å². The number of amides is 1. The van der Waals surface area contributed by atoms with Gasteiger partial charge in [-0.25, -0.2) is 14.4 Å². The Morgan fingerprint density at radius 2 is 1.95 bits per heavy atom. The summed E-state index contributed by atoms with van der Waals surface area (Å²) in [4.78, 5) is 35.4. The maximum absolute atomic E-state index is 16.0. The summed E-state index contributed by atoms with van der Waals surface area (Å²) in [5, 5.41) is 10.3. The number of anilines is 2. The first-order chi connectivity index (χ1) is 18.0. The normalized spacial score (nSPS) is 14.1. The van der Waals surface area contributed by atoms with E-state index >= 15 is 4.39 Å². The molecule has 5 aromatic heterocycles. The van der Waals surface area contributed by atoms with Crippen LogP contribution in [0.2, 0.25) is 0 Å². The van der Waals surface area contributed by atoms with E-state index in [1.54, 1.807) is 26.1 Å². The molecule has 11 heteroatoms. The predicted molar refractivity (Wildman–Crippen MR) is 139 cm³/mol. The van der Waals surface area contributed by atoms with Crippen LogP contribution in [0.5, 0.6) is 0 Å². The third-order valence-electron chi connectivity index (χ3n) is 6.63. The smallest absolute Gasteiger partial charge is 0.226 e. The van der Waals surface area contributed by atoms with Crippen molar-refractivity contribution in [1.82, 2.24) is 35.1 Å². The summed E-state index contributed by atoms with van der Waals surface area (Å²) in [6.45, 7) is 5.54. The number of nitrogens with zero attached hydrogens (tertiary/aromatic N) is 6. The second-order valence-corrected chi connectivity index (χ2v) is 9.55. The lowest BCUT2D eigenvalue weighted by Crippen LogP contribution is -2.29. The molecule has 1 saturated heterocycles. The average molecular weight is 500 g/mol. The Morgan fingerprint density at radius 3 is 2.76 bits per heavy atom. The van der Waals surface area contributed by atoms with E-state index in [9.17, 15) is 4.79 Å². The zero-order valence-corrected chi connectivity index (χ0v) is 20.5. The van der Waals surface area contributed by atoms with Crippen LogP contribution in [0.3, 0.4) is 0 Å². The molecule has 0 radical (unpaired) electrons. The molecule has 6 rings (SSSR count). The molecule has 1 aliphatic rings. The number of carbonyl (C=O) groups is 1. The molecule has 1 aliphatic heterocycles. The fourth-order valence-electron chi connectivity index (χ4n) is 4.67. The van der Waals surface area contributed by atoms with Crippen LogP contribution in [0.25, 0.3) is 44.8 Å². The third-order valence-corrected chi connectivity index (χ3v) is 6.63. The number of H-pyrrole nitrogens is 2. The van der Waals surface area contributed by atoms with Gasteiger partial charge in [-0.05, 0) is 31.4 Å². The first-order valence-electron chi connectivity index (χ1n) is 12.4. The molecule has 3 N–H and O–H groups in total. The molecular weight excluding hydrogens is 473 g/mol. The lowest BCUT2D eigenvalue weighted by Gasteiger charge is -2.28. The van der Waals surface area contributed by atoms with Gasteiger partial charge in [-0.1, -0.05) is 13.8 Å². The number of rotatable bonds is 5. The number of aromatic amines is 2. The first-order valence-corrected chi connectivity index (χ1v) is 12.4. The fraction of sp³-hybridized carbons (Fsp3) is 0.308. The monoisotopic (exact) mass is 499 g/mol. The van der Waals surface area contributed by atoms with Gasteiger partial charge in [0.2, 0.25) is 5.91 Å². The standard InChI is InChI=1S/C26H26FN9O/c1-14(2)26(37)31-16-10-15(11-28-12-16)21-20(27)19-17(13-30-21)34-35-23(19)25-32-22-18(6-7-29-24(22)33-25)36-8-4-3-5-9-36/h6-7,10-14H,3-5,8-9H2,1-2H3,(H,31,37)(H,34,35)(H,29,32,33). The summed E-state index contributed by atoms with van der Waals surface area (Å²) in [6.07, 6.45) is 9.84. The minimum Gasteiger partial charge on any atom is -0.370 e. The Kier molecular flexibility index (Phi) is 5.74. The third kappa shape index (κ3) is 4.15. The molecule has 37 heavy (non-hydrogen) atoms. The van der Waals surface area contributed by atoms with Crippen molar-refractivity contribution in [3.63, 3.8) is 0 Å². The van der Waals surface area contributed by atoms with Gasteiger partial charge in [-0.2, -0.15) is 5.10 Å². The summed E-state index contributed by atoms with van der Waals surface area (Å²) >= 11 is 0. The van der Waals surface area contributed by atoms with Crippen LogP contribution in [0.1, 0.15) is 33.1 Å². The topological polar surface area (TPSA) is 128 Å². The molecule has 188 valence electrons. The maximum Gasteiger partial charge on any atom is 0.226 e. The number of imidazole rings is 1. The van der Waals surface area contributed by atoms with Crippen molar-refractivity contribution in [2.75, 3.05) is 23.3 Å². The van der Waals surface area contributed by atoms with Crippen molar-refractivity contribution in [2.45, 2.75) is 33.1 Å². The maximum atomic E-state index is 16.0. The van der Waals surface area contributed by atoms with Crippen molar-refractivity contribution in [3.05, 3.63) is 42.7 Å². The van der Waals surface area contributed by atoms with E-state index < -0.39 is 5.82 Å². The van der Waals surface area contributed by atoms with Gasteiger partial charge in [0.15, 0.2) is 17.3 Å². The number of piperidine rings is 1. The number of nitrogens with one attached hydrogen (secondary N) is 3. The molecule has 0 bridgehead atoms. The summed E-state index contributed by atoms with van der Waals surface area (Å²) in [5.41, 5.74) is 4.18. The van der Waals surface area contributed by atoms with Crippen molar-refractivity contribution < 1.29 is 9.18 Å². The van der Waals surface area contributed by atoms with E-state index in [0.29, 0.717) is 33.9 Å². The molecular formula is C26H26FN9O. The molecule has 0 saturated carbocycles. The zero-order chi connectivity index (χ0) is 25.5. The van der Waals surface area contributed by atoms with Crippen LogP contribution in [0.15, 0.2) is 36.9 Å². The molecule has 6 heterocycles. The lowest BCUT2D eigenvalue weighted by molar-refractivity contribution is -0.118. The lowest BCUT2D eigenvalue weighted by atomic mass is 10.1. The van der Waals surface area contributed by atoms with Crippen LogP contribution < -0.4 is 10.2 Å². The summed E-state index contributed by atoms with van der Waals surface area (Å²) < 4.78 is 16.0. The Hall–Kier alpha value is -4.41. The van der Waals surface area contributed by atoms with Crippen molar-refractivity contribution >= 4 is 39.3 Å². The van der Waals surface area contributed by atoms with Gasteiger partial charge < -0.3 is 15.2 Å². The van der Waals surface area contributed by atoms with Crippen LogP contribution in [-0.4, -0.2) is 54.1 Å².